The van der Waals surface area contributed by atoms with Gasteiger partial charge in [-0.25, -0.2) is 9.59 Å². The molecule has 0 atom stereocenters. The molecule has 35 heavy (non-hydrogen) atoms. The Hall–Kier alpha value is -2.80. The number of nitrogens with one attached hydrogen (secondary N) is 1. The summed E-state index contributed by atoms with van der Waals surface area (Å²) >= 11 is 0. The smallest absolute Gasteiger partial charge is 0.336 e. The maximum atomic E-state index is 12.9. The van der Waals surface area contributed by atoms with E-state index in [-0.39, 0.29) is 13.2 Å². The van der Waals surface area contributed by atoms with Crippen LogP contribution in [0.2, 0.25) is 0 Å². The topological polar surface area (TPSA) is 77.1 Å². The molecular formula is C28H40N2O5. The normalized spacial score (nSPS) is 16.9. The van der Waals surface area contributed by atoms with Crippen molar-refractivity contribution in [2.45, 2.75) is 65.7 Å². The molecule has 0 bridgehead atoms. The molecule has 7 nitrogen and oxygen atoms in total. The first-order valence-electron chi connectivity index (χ1n) is 12.9. The van der Waals surface area contributed by atoms with Crippen LogP contribution in [-0.4, -0.2) is 56.3 Å². The number of carbonyl (C=O) groups is 2. The lowest BCUT2D eigenvalue weighted by atomic mass is 9.80. The van der Waals surface area contributed by atoms with Gasteiger partial charge in [0.25, 0.3) is 0 Å². The van der Waals surface area contributed by atoms with Crippen molar-refractivity contribution < 1.29 is 23.8 Å². The fourth-order valence-corrected chi connectivity index (χ4v) is 4.85. The Labute approximate surface area is 209 Å². The molecule has 192 valence electrons. The van der Waals surface area contributed by atoms with Crippen molar-refractivity contribution in [3.63, 3.8) is 0 Å². The van der Waals surface area contributed by atoms with Gasteiger partial charge in [-0.2, -0.15) is 0 Å². The number of carbonyl (C=O) groups excluding carboxylic acids is 2. The number of ether oxygens (including phenoxy) is 3. The molecule has 0 aliphatic carbocycles. The first kappa shape index (κ1) is 26.8. The number of unbranched alkanes of at least 4 members (excludes halogenated alkanes) is 2. The third-order valence-corrected chi connectivity index (χ3v) is 6.55. The Balaban J connectivity index is 1.68. The average molecular weight is 485 g/mol. The summed E-state index contributed by atoms with van der Waals surface area (Å²) in [5.74, 6) is -0.676. The zero-order chi connectivity index (χ0) is 25.2. The van der Waals surface area contributed by atoms with E-state index in [1.807, 2.05) is 38.1 Å². The molecular weight excluding hydrogens is 444 g/mol. The highest BCUT2D eigenvalue weighted by Crippen LogP contribution is 2.39. The van der Waals surface area contributed by atoms with Crippen LogP contribution in [0.5, 0.6) is 5.75 Å². The predicted molar refractivity (Wildman–Crippen MR) is 136 cm³/mol. The second kappa shape index (κ2) is 13.3. The van der Waals surface area contributed by atoms with Crippen LogP contribution in [0.1, 0.15) is 71.3 Å². The number of hydrogen-bond acceptors (Lipinski definition) is 7. The van der Waals surface area contributed by atoms with Crippen LogP contribution in [-0.2, 0) is 19.1 Å². The van der Waals surface area contributed by atoms with Crippen molar-refractivity contribution in [1.82, 2.24) is 10.2 Å². The number of rotatable bonds is 12. The number of dihydropyridines is 1. The van der Waals surface area contributed by atoms with E-state index in [1.165, 1.54) is 38.9 Å². The van der Waals surface area contributed by atoms with Gasteiger partial charge in [-0.1, -0.05) is 12.1 Å². The Morgan fingerprint density at radius 3 is 2.00 bits per heavy atom. The third-order valence-electron chi connectivity index (χ3n) is 6.55. The lowest BCUT2D eigenvalue weighted by molar-refractivity contribution is -0.139. The first-order valence-corrected chi connectivity index (χ1v) is 12.9. The van der Waals surface area contributed by atoms with Crippen molar-refractivity contribution in [2.75, 3.05) is 39.5 Å². The molecule has 0 amide bonds. The second-order valence-corrected chi connectivity index (χ2v) is 9.10. The number of esters is 2. The summed E-state index contributed by atoms with van der Waals surface area (Å²) in [6.45, 7) is 12.1. The third kappa shape index (κ3) is 7.10. The van der Waals surface area contributed by atoms with Gasteiger partial charge in [-0.05, 0) is 97.1 Å². The minimum absolute atomic E-state index is 0.255. The molecule has 1 aromatic rings. The van der Waals surface area contributed by atoms with Crippen molar-refractivity contribution >= 4 is 11.9 Å². The van der Waals surface area contributed by atoms with Crippen LogP contribution in [0.3, 0.4) is 0 Å². The maximum absolute atomic E-state index is 12.9. The number of nitrogens with zero attached hydrogens (tertiary/aromatic N) is 1. The highest BCUT2D eigenvalue weighted by Gasteiger charge is 2.37. The van der Waals surface area contributed by atoms with Crippen molar-refractivity contribution in [2.24, 2.45) is 0 Å². The molecule has 2 aliphatic heterocycles. The first-order chi connectivity index (χ1) is 17.0. The molecule has 1 N–H and O–H groups in total. The van der Waals surface area contributed by atoms with E-state index in [4.69, 9.17) is 14.2 Å². The lowest BCUT2D eigenvalue weighted by Gasteiger charge is -2.30. The molecule has 3 rings (SSSR count). The predicted octanol–water partition coefficient (Wildman–Crippen LogP) is 4.69. The summed E-state index contributed by atoms with van der Waals surface area (Å²) in [6.07, 6.45) is 6.06. The average Bonchev–Trinajstić information content (AvgIpc) is 3.35. The van der Waals surface area contributed by atoms with Crippen LogP contribution in [0, 0.1) is 0 Å². The van der Waals surface area contributed by atoms with Crippen LogP contribution < -0.4 is 10.1 Å². The summed E-state index contributed by atoms with van der Waals surface area (Å²) in [5, 5.41) is 3.16. The number of allylic oxidation sites excluding steroid dienone is 2. The van der Waals surface area contributed by atoms with Crippen LogP contribution in [0.15, 0.2) is 46.8 Å². The van der Waals surface area contributed by atoms with Crippen molar-refractivity contribution in [3.05, 3.63) is 52.4 Å². The Morgan fingerprint density at radius 1 is 0.886 bits per heavy atom. The fourth-order valence-electron chi connectivity index (χ4n) is 4.85. The van der Waals surface area contributed by atoms with Crippen molar-refractivity contribution in [1.29, 1.82) is 0 Å². The summed E-state index contributed by atoms with van der Waals surface area (Å²) in [7, 11) is 0. The van der Waals surface area contributed by atoms with Gasteiger partial charge in [0.2, 0.25) is 0 Å². The van der Waals surface area contributed by atoms with Gasteiger partial charge < -0.3 is 24.4 Å². The molecule has 1 fully saturated rings. The summed E-state index contributed by atoms with van der Waals surface area (Å²) < 4.78 is 16.6. The molecule has 2 aliphatic rings. The quantitative estimate of drug-likeness (QED) is 0.341. The zero-order valence-electron chi connectivity index (χ0n) is 21.7. The van der Waals surface area contributed by atoms with E-state index >= 15 is 0 Å². The minimum Gasteiger partial charge on any atom is -0.494 e. The standard InChI is InChI=1S/C28H40N2O5/c1-5-33-27(31)24-20(3)29-21(4)25(28(32)34-6-2)26(24)22-12-14-23(15-13-22)35-19-11-7-8-16-30-17-9-10-18-30/h12-15,26,29H,5-11,16-19H2,1-4H3. The molecule has 0 unspecified atom stereocenters. The van der Waals surface area contributed by atoms with E-state index in [1.54, 1.807) is 13.8 Å². The maximum Gasteiger partial charge on any atom is 0.336 e. The van der Waals surface area contributed by atoms with Crippen LogP contribution in [0.4, 0.5) is 0 Å². The van der Waals surface area contributed by atoms with Gasteiger partial charge in [0.05, 0.1) is 36.9 Å². The second-order valence-electron chi connectivity index (χ2n) is 9.10. The van der Waals surface area contributed by atoms with Gasteiger partial charge in [0.15, 0.2) is 0 Å². The highest BCUT2D eigenvalue weighted by atomic mass is 16.5. The van der Waals surface area contributed by atoms with Crippen LogP contribution in [0.25, 0.3) is 0 Å². The van der Waals surface area contributed by atoms with Gasteiger partial charge in [0, 0.05) is 11.4 Å². The molecule has 1 saturated heterocycles. The summed E-state index contributed by atoms with van der Waals surface area (Å²) in [5.41, 5.74) is 3.01. The van der Waals surface area contributed by atoms with E-state index in [9.17, 15) is 9.59 Å². The van der Waals surface area contributed by atoms with E-state index < -0.39 is 17.9 Å². The molecule has 1 aromatic carbocycles. The van der Waals surface area contributed by atoms with E-state index in [0.29, 0.717) is 29.1 Å². The van der Waals surface area contributed by atoms with Gasteiger partial charge in [-0.15, -0.1) is 0 Å². The SMILES string of the molecule is CCOC(=O)C1=C(C)NC(C)=C(C(=O)OCC)C1c1ccc(OCCCCCN2CCCC2)cc1. The largest absolute Gasteiger partial charge is 0.494 e. The molecule has 0 spiro atoms. The monoisotopic (exact) mass is 484 g/mol. The number of benzene rings is 1. The number of hydrogen-bond donors (Lipinski definition) is 1. The van der Waals surface area contributed by atoms with Gasteiger partial charge in [0.1, 0.15) is 5.75 Å². The minimum atomic E-state index is -0.575. The number of likely N-dealkylation sites (tertiary alicyclic amines) is 1. The van der Waals surface area contributed by atoms with E-state index in [0.717, 1.165) is 24.2 Å². The summed E-state index contributed by atoms with van der Waals surface area (Å²) in [4.78, 5) is 28.3. The Kier molecular flexibility index (Phi) is 10.2. The highest BCUT2D eigenvalue weighted by molar-refractivity contribution is 5.99. The summed E-state index contributed by atoms with van der Waals surface area (Å²) in [6, 6.07) is 7.63. The van der Waals surface area contributed by atoms with Crippen LogP contribution >= 0.6 is 0 Å². The molecule has 2 heterocycles. The van der Waals surface area contributed by atoms with Crippen molar-refractivity contribution in [3.8, 4) is 5.75 Å². The van der Waals surface area contributed by atoms with Gasteiger partial charge >= 0.3 is 11.9 Å². The fraction of sp³-hybridized carbons (Fsp3) is 0.571. The Morgan fingerprint density at radius 2 is 1.46 bits per heavy atom. The Bertz CT molecular complexity index is 889. The molecule has 7 heteroatoms. The zero-order valence-corrected chi connectivity index (χ0v) is 21.7. The molecule has 0 saturated carbocycles. The lowest BCUT2D eigenvalue weighted by Crippen LogP contribution is -2.32. The van der Waals surface area contributed by atoms with Gasteiger partial charge in [-0.3, -0.25) is 0 Å². The molecule has 0 radical (unpaired) electrons. The molecule has 0 aromatic heterocycles. The van der Waals surface area contributed by atoms with E-state index in [2.05, 4.69) is 10.2 Å².